The summed E-state index contributed by atoms with van der Waals surface area (Å²) in [5, 5.41) is 6.51. The fourth-order valence-corrected chi connectivity index (χ4v) is 5.62. The van der Waals surface area contributed by atoms with E-state index in [0.717, 1.165) is 25.9 Å². The Morgan fingerprint density at radius 2 is 1.81 bits per heavy atom. The number of hydrogen-bond acceptors (Lipinski definition) is 3. The molecule has 0 bridgehead atoms. The number of carbonyl (C=O) groups is 2. The lowest BCUT2D eigenvalue weighted by molar-refractivity contribution is -0.131. The SMILES string of the molecule is CCC(=O)N[C@@H]1c2ccccc2CC[C@]12CN(Cc1ccccc1)C[C@H]2C(=O)NC(C)C. The Labute approximate surface area is 191 Å². The molecular formula is C27H35N3O2. The predicted octanol–water partition coefficient (Wildman–Crippen LogP) is 3.84. The molecule has 2 aromatic rings. The first kappa shape index (κ1) is 22.5. The fourth-order valence-electron chi connectivity index (χ4n) is 5.62. The molecule has 5 heteroatoms. The summed E-state index contributed by atoms with van der Waals surface area (Å²) in [6, 6.07) is 18.8. The van der Waals surface area contributed by atoms with Gasteiger partial charge in [0.2, 0.25) is 11.8 Å². The van der Waals surface area contributed by atoms with E-state index in [-0.39, 0.29) is 35.2 Å². The van der Waals surface area contributed by atoms with Crippen LogP contribution in [0.15, 0.2) is 54.6 Å². The van der Waals surface area contributed by atoms with Crippen LogP contribution in [-0.4, -0.2) is 35.8 Å². The van der Waals surface area contributed by atoms with Crippen LogP contribution in [0, 0.1) is 11.3 Å². The number of benzene rings is 2. The molecule has 0 radical (unpaired) electrons. The van der Waals surface area contributed by atoms with Crippen molar-refractivity contribution in [3.05, 3.63) is 71.3 Å². The molecule has 1 heterocycles. The van der Waals surface area contributed by atoms with Crippen molar-refractivity contribution in [2.75, 3.05) is 13.1 Å². The van der Waals surface area contributed by atoms with Gasteiger partial charge in [-0.3, -0.25) is 14.5 Å². The maximum Gasteiger partial charge on any atom is 0.225 e. The second-order valence-corrected chi connectivity index (χ2v) is 9.66. The number of fused-ring (bicyclic) bond motifs is 1. The van der Waals surface area contributed by atoms with Crippen LogP contribution in [0.5, 0.6) is 0 Å². The van der Waals surface area contributed by atoms with Crippen LogP contribution in [0.3, 0.4) is 0 Å². The lowest BCUT2D eigenvalue weighted by Crippen LogP contribution is -2.52. The van der Waals surface area contributed by atoms with Crippen LogP contribution < -0.4 is 10.6 Å². The molecule has 1 saturated heterocycles. The normalized spacial score (nSPS) is 25.0. The van der Waals surface area contributed by atoms with Gasteiger partial charge in [-0.15, -0.1) is 0 Å². The number of hydrogen-bond donors (Lipinski definition) is 2. The van der Waals surface area contributed by atoms with Gasteiger partial charge >= 0.3 is 0 Å². The van der Waals surface area contributed by atoms with E-state index < -0.39 is 0 Å². The summed E-state index contributed by atoms with van der Waals surface area (Å²) in [6.07, 6.45) is 2.25. The predicted molar refractivity (Wildman–Crippen MR) is 127 cm³/mol. The molecule has 2 aromatic carbocycles. The summed E-state index contributed by atoms with van der Waals surface area (Å²) < 4.78 is 0. The van der Waals surface area contributed by atoms with E-state index in [4.69, 9.17) is 0 Å². The Balaban J connectivity index is 1.73. The quantitative estimate of drug-likeness (QED) is 0.728. The zero-order chi connectivity index (χ0) is 22.7. The van der Waals surface area contributed by atoms with Gasteiger partial charge in [-0.25, -0.2) is 0 Å². The molecule has 1 aliphatic carbocycles. The standard InChI is InChI=1S/C27H35N3O2/c1-4-24(31)29-25-22-13-9-8-12-21(22)14-15-27(25)18-30(16-20-10-6-5-7-11-20)17-23(27)26(32)28-19(2)3/h5-13,19,23,25H,4,14-18H2,1-3H3,(H,28,32)(H,29,31)/t23-,25+,27+/m0/s1. The highest BCUT2D eigenvalue weighted by molar-refractivity contribution is 5.81. The minimum Gasteiger partial charge on any atom is -0.354 e. The Kier molecular flexibility index (Phi) is 6.66. The van der Waals surface area contributed by atoms with Gasteiger partial charge in [-0.1, -0.05) is 61.5 Å². The second kappa shape index (κ2) is 9.45. The average Bonchev–Trinajstić information content (AvgIpc) is 3.14. The average molecular weight is 434 g/mol. The lowest BCUT2D eigenvalue weighted by Gasteiger charge is -2.46. The maximum atomic E-state index is 13.5. The molecule has 3 atom stereocenters. The molecule has 0 saturated carbocycles. The van der Waals surface area contributed by atoms with Gasteiger partial charge in [0.05, 0.1) is 12.0 Å². The summed E-state index contributed by atoms with van der Waals surface area (Å²) in [7, 11) is 0. The van der Waals surface area contributed by atoms with Crippen LogP contribution in [0.25, 0.3) is 0 Å². The molecule has 170 valence electrons. The van der Waals surface area contributed by atoms with Gasteiger partial charge in [0.15, 0.2) is 0 Å². The molecule has 1 aliphatic heterocycles. The van der Waals surface area contributed by atoms with Crippen molar-refractivity contribution in [3.8, 4) is 0 Å². The number of aryl methyl sites for hydroxylation is 1. The van der Waals surface area contributed by atoms with E-state index in [1.54, 1.807) is 0 Å². The lowest BCUT2D eigenvalue weighted by atomic mass is 9.62. The third kappa shape index (κ3) is 4.44. The Morgan fingerprint density at radius 1 is 1.09 bits per heavy atom. The molecule has 5 nitrogen and oxygen atoms in total. The molecule has 1 spiro atoms. The summed E-state index contributed by atoms with van der Waals surface area (Å²) >= 11 is 0. The molecule has 4 rings (SSSR count). The third-order valence-electron chi connectivity index (χ3n) is 7.08. The van der Waals surface area contributed by atoms with E-state index in [1.807, 2.05) is 32.9 Å². The number of rotatable bonds is 6. The highest BCUT2D eigenvalue weighted by Gasteiger charge is 2.56. The molecule has 1 fully saturated rings. The van der Waals surface area contributed by atoms with E-state index in [9.17, 15) is 9.59 Å². The van der Waals surface area contributed by atoms with Gasteiger partial charge in [0.25, 0.3) is 0 Å². The van der Waals surface area contributed by atoms with Crippen molar-refractivity contribution >= 4 is 11.8 Å². The van der Waals surface area contributed by atoms with E-state index in [1.165, 1.54) is 16.7 Å². The molecule has 32 heavy (non-hydrogen) atoms. The number of likely N-dealkylation sites (tertiary alicyclic amines) is 1. The van der Waals surface area contributed by atoms with Crippen LogP contribution in [-0.2, 0) is 22.6 Å². The second-order valence-electron chi connectivity index (χ2n) is 9.66. The Morgan fingerprint density at radius 3 is 2.53 bits per heavy atom. The van der Waals surface area contributed by atoms with E-state index >= 15 is 0 Å². The van der Waals surface area contributed by atoms with Crippen molar-refractivity contribution in [2.24, 2.45) is 11.3 Å². The van der Waals surface area contributed by atoms with Gasteiger partial charge < -0.3 is 10.6 Å². The molecule has 0 unspecified atom stereocenters. The maximum absolute atomic E-state index is 13.5. The minimum atomic E-state index is -0.326. The summed E-state index contributed by atoms with van der Waals surface area (Å²) in [6.45, 7) is 8.21. The fraction of sp³-hybridized carbons (Fsp3) is 0.481. The van der Waals surface area contributed by atoms with Crippen molar-refractivity contribution in [1.82, 2.24) is 15.5 Å². The molecule has 2 aliphatic rings. The molecule has 0 aromatic heterocycles. The number of nitrogens with one attached hydrogen (secondary N) is 2. The van der Waals surface area contributed by atoms with Gasteiger partial charge in [0, 0.05) is 37.5 Å². The van der Waals surface area contributed by atoms with Crippen LogP contribution in [0.2, 0.25) is 0 Å². The zero-order valence-corrected chi connectivity index (χ0v) is 19.4. The number of nitrogens with zero attached hydrogens (tertiary/aromatic N) is 1. The van der Waals surface area contributed by atoms with E-state index in [2.05, 4.69) is 58.0 Å². The van der Waals surface area contributed by atoms with Crippen molar-refractivity contribution in [1.29, 1.82) is 0 Å². The number of carbonyl (C=O) groups excluding carboxylic acids is 2. The van der Waals surface area contributed by atoms with Gasteiger partial charge in [-0.05, 0) is 43.4 Å². The summed E-state index contributed by atoms with van der Waals surface area (Å²) in [5.41, 5.74) is 3.37. The van der Waals surface area contributed by atoms with Gasteiger partial charge in [-0.2, -0.15) is 0 Å². The van der Waals surface area contributed by atoms with Crippen LogP contribution >= 0.6 is 0 Å². The first-order chi connectivity index (χ1) is 15.4. The van der Waals surface area contributed by atoms with E-state index in [0.29, 0.717) is 13.0 Å². The minimum absolute atomic E-state index is 0.0376. The zero-order valence-electron chi connectivity index (χ0n) is 19.4. The topological polar surface area (TPSA) is 61.4 Å². The van der Waals surface area contributed by atoms with Gasteiger partial charge in [0.1, 0.15) is 0 Å². The third-order valence-corrected chi connectivity index (χ3v) is 7.08. The van der Waals surface area contributed by atoms with Crippen molar-refractivity contribution < 1.29 is 9.59 Å². The highest BCUT2D eigenvalue weighted by atomic mass is 16.2. The highest BCUT2D eigenvalue weighted by Crippen LogP contribution is 2.53. The monoisotopic (exact) mass is 433 g/mol. The smallest absolute Gasteiger partial charge is 0.225 e. The molecule has 2 amide bonds. The number of amides is 2. The first-order valence-electron chi connectivity index (χ1n) is 11.9. The molecule has 2 N–H and O–H groups in total. The van der Waals surface area contributed by atoms with Crippen molar-refractivity contribution in [2.45, 2.75) is 58.7 Å². The summed E-state index contributed by atoms with van der Waals surface area (Å²) in [5.74, 6) is -0.0366. The molecular weight excluding hydrogens is 398 g/mol. The van der Waals surface area contributed by atoms with Crippen LogP contribution in [0.4, 0.5) is 0 Å². The van der Waals surface area contributed by atoms with Crippen molar-refractivity contribution in [3.63, 3.8) is 0 Å². The Hall–Kier alpha value is -2.66. The largest absolute Gasteiger partial charge is 0.354 e. The van der Waals surface area contributed by atoms with Crippen LogP contribution in [0.1, 0.15) is 56.3 Å². The Bertz CT molecular complexity index is 958. The first-order valence-corrected chi connectivity index (χ1v) is 11.9. The summed E-state index contributed by atoms with van der Waals surface area (Å²) in [4.78, 5) is 28.5.